The van der Waals surface area contributed by atoms with E-state index in [1.807, 2.05) is 0 Å². The fraction of sp³-hybridized carbons (Fsp3) is 0.769. The van der Waals surface area contributed by atoms with E-state index in [0.29, 0.717) is 24.3 Å². The summed E-state index contributed by atoms with van der Waals surface area (Å²) in [4.78, 5) is 25.8. The van der Waals surface area contributed by atoms with Crippen molar-refractivity contribution >= 4 is 28.2 Å². The first-order chi connectivity index (χ1) is 11.8. The summed E-state index contributed by atoms with van der Waals surface area (Å²) in [5, 5.41) is 14.4. The summed E-state index contributed by atoms with van der Waals surface area (Å²) in [6, 6.07) is -2.28. The molecule has 0 aromatic heterocycles. The number of carbonyl (C=O) groups excluding carboxylic acids is 2. The Kier molecular flexibility index (Phi) is 4.95. The molecule has 3 rings (SSSR count). The molecule has 0 spiro atoms. The first-order valence-electron chi connectivity index (χ1n) is 8.16. The van der Waals surface area contributed by atoms with Gasteiger partial charge in [-0.25, -0.2) is 4.79 Å². The molecule has 2 bridgehead atoms. The van der Waals surface area contributed by atoms with E-state index in [0.717, 1.165) is 19.4 Å². The van der Waals surface area contributed by atoms with Gasteiger partial charge in [-0.3, -0.25) is 14.8 Å². The Balaban J connectivity index is 1.63. The molecular weight excluding hydrogens is 354 g/mol. The second kappa shape index (κ2) is 6.86. The van der Waals surface area contributed by atoms with Gasteiger partial charge in [-0.1, -0.05) is 6.42 Å². The molecule has 0 radical (unpaired) electrons. The summed E-state index contributed by atoms with van der Waals surface area (Å²) in [5.74, 6) is -0.401. The van der Waals surface area contributed by atoms with Crippen LogP contribution in [0.5, 0.6) is 0 Å². The number of amides is 3. The Morgan fingerprint density at radius 3 is 2.72 bits per heavy atom. The smallest absolute Gasteiger partial charge is 0.312 e. The Bertz CT molecular complexity index is 676. The number of hydroxylamine groups is 2. The van der Waals surface area contributed by atoms with Crippen LogP contribution in [0.3, 0.4) is 0 Å². The Hall–Kier alpha value is -1.76. The molecule has 3 heterocycles. The maximum atomic E-state index is 12.3. The third-order valence-corrected chi connectivity index (χ3v) is 5.06. The van der Waals surface area contributed by atoms with Crippen LogP contribution in [0.15, 0.2) is 0 Å². The van der Waals surface area contributed by atoms with Crippen LogP contribution in [-0.4, -0.2) is 71.9 Å². The molecule has 3 saturated heterocycles. The number of urea groups is 1. The van der Waals surface area contributed by atoms with Crippen LogP contribution in [0.1, 0.15) is 32.1 Å². The van der Waals surface area contributed by atoms with Gasteiger partial charge in [-0.05, 0) is 32.2 Å². The molecule has 0 aromatic carbocycles. The normalized spacial score (nSPS) is 29.6. The maximum Gasteiger partial charge on any atom is 0.418 e. The number of hydrogen-bond donors (Lipinski definition) is 4. The molecule has 0 unspecified atom stereocenters. The first-order valence-corrected chi connectivity index (χ1v) is 9.52. The highest BCUT2D eigenvalue weighted by atomic mass is 32.3. The van der Waals surface area contributed by atoms with Gasteiger partial charge in [0.25, 0.3) is 0 Å². The topological polar surface area (TPSA) is 152 Å². The molecule has 0 aliphatic carbocycles. The van der Waals surface area contributed by atoms with Crippen LogP contribution in [0.25, 0.3) is 0 Å². The largest absolute Gasteiger partial charge is 0.418 e. The lowest BCUT2D eigenvalue weighted by Gasteiger charge is -2.31. The Morgan fingerprint density at radius 1 is 1.32 bits per heavy atom. The van der Waals surface area contributed by atoms with Crippen LogP contribution in [-0.2, 0) is 19.5 Å². The number of hydrogen-bond acceptors (Lipinski definition) is 7. The summed E-state index contributed by atoms with van der Waals surface area (Å²) in [7, 11) is -4.80. The fourth-order valence-electron chi connectivity index (χ4n) is 3.51. The Labute approximate surface area is 145 Å². The molecule has 3 amide bonds. The lowest BCUT2D eigenvalue weighted by molar-refractivity contribution is -0.122. The molecule has 3 aliphatic rings. The Morgan fingerprint density at radius 2 is 2.08 bits per heavy atom. The second-order valence-corrected chi connectivity index (χ2v) is 7.42. The number of nitrogens with one attached hydrogen (secondary N) is 3. The maximum absolute atomic E-state index is 12.3. The molecule has 4 N–H and O–H groups in total. The molecule has 3 aliphatic heterocycles. The SMILES string of the molecule is N=C(NC(=O)[C@@H]1CCCCN1)[C@@H]1CC[C@@H]2CN1C(=O)N2OS(=O)(=O)O. The molecule has 25 heavy (non-hydrogen) atoms. The molecule has 3 atom stereocenters. The average molecular weight is 375 g/mol. The highest BCUT2D eigenvalue weighted by molar-refractivity contribution is 7.80. The highest BCUT2D eigenvalue weighted by Crippen LogP contribution is 2.30. The van der Waals surface area contributed by atoms with Crippen molar-refractivity contribution in [2.45, 2.75) is 50.2 Å². The number of nitrogens with zero attached hydrogens (tertiary/aromatic N) is 2. The standard InChI is InChI=1S/C13H21N5O6S/c14-11(16-12(19)9-3-1-2-6-15-9)10-5-4-8-7-17(10)13(20)18(8)24-25(21,22)23/h8-10,15H,1-7H2,(H2,14,16,19)(H,21,22,23)/t8-,9+,10+/m1/s1. The predicted molar refractivity (Wildman–Crippen MR) is 84.9 cm³/mol. The van der Waals surface area contributed by atoms with Crippen molar-refractivity contribution in [2.24, 2.45) is 0 Å². The molecule has 3 fully saturated rings. The minimum absolute atomic E-state index is 0.0992. The molecule has 0 aromatic rings. The second-order valence-electron chi connectivity index (χ2n) is 6.42. The van der Waals surface area contributed by atoms with Crippen molar-refractivity contribution in [1.29, 1.82) is 5.41 Å². The van der Waals surface area contributed by atoms with Gasteiger partial charge in [-0.15, -0.1) is 4.28 Å². The van der Waals surface area contributed by atoms with Crippen LogP contribution in [0.2, 0.25) is 0 Å². The average Bonchev–Trinajstić information content (AvgIpc) is 2.79. The van der Waals surface area contributed by atoms with E-state index in [-0.39, 0.29) is 24.3 Å². The van der Waals surface area contributed by atoms with Gasteiger partial charge in [0.2, 0.25) is 5.91 Å². The van der Waals surface area contributed by atoms with Crippen molar-refractivity contribution in [1.82, 2.24) is 20.6 Å². The molecule has 140 valence electrons. The molecule has 12 heteroatoms. The summed E-state index contributed by atoms with van der Waals surface area (Å²) in [6.45, 7) is 0.919. The monoisotopic (exact) mass is 375 g/mol. The van der Waals surface area contributed by atoms with Crippen LogP contribution in [0.4, 0.5) is 4.79 Å². The van der Waals surface area contributed by atoms with Gasteiger partial charge >= 0.3 is 16.4 Å². The van der Waals surface area contributed by atoms with Crippen molar-refractivity contribution in [3.05, 3.63) is 0 Å². The van der Waals surface area contributed by atoms with Gasteiger partial charge in [0, 0.05) is 6.54 Å². The van der Waals surface area contributed by atoms with Gasteiger partial charge in [0.05, 0.1) is 18.1 Å². The number of carbonyl (C=O) groups is 2. The van der Waals surface area contributed by atoms with Gasteiger partial charge in [-0.2, -0.15) is 13.5 Å². The number of piperidine rings is 2. The van der Waals surface area contributed by atoms with Crippen LogP contribution in [0, 0.1) is 5.41 Å². The third-order valence-electron chi connectivity index (χ3n) is 4.72. The van der Waals surface area contributed by atoms with Gasteiger partial charge in [0.15, 0.2) is 0 Å². The summed E-state index contributed by atoms with van der Waals surface area (Å²) in [5.41, 5.74) is 0. The fourth-order valence-corrected chi connectivity index (χ4v) is 3.90. The van der Waals surface area contributed by atoms with E-state index in [1.54, 1.807) is 0 Å². The minimum Gasteiger partial charge on any atom is -0.312 e. The lowest BCUT2D eigenvalue weighted by atomic mass is 9.99. The van der Waals surface area contributed by atoms with E-state index >= 15 is 0 Å². The summed E-state index contributed by atoms with van der Waals surface area (Å²) in [6.07, 6.45) is 3.43. The van der Waals surface area contributed by atoms with Crippen LogP contribution < -0.4 is 10.6 Å². The van der Waals surface area contributed by atoms with E-state index in [4.69, 9.17) is 9.96 Å². The number of rotatable bonds is 4. The summed E-state index contributed by atoms with van der Waals surface area (Å²) < 4.78 is 34.9. The zero-order valence-corrected chi connectivity index (χ0v) is 14.3. The zero-order chi connectivity index (χ0) is 18.2. The van der Waals surface area contributed by atoms with Crippen molar-refractivity contribution in [3.63, 3.8) is 0 Å². The van der Waals surface area contributed by atoms with E-state index in [2.05, 4.69) is 14.9 Å². The number of amidine groups is 1. The lowest BCUT2D eigenvalue weighted by Crippen LogP contribution is -2.54. The number of fused-ring (bicyclic) bond motifs is 2. The van der Waals surface area contributed by atoms with Gasteiger partial charge in [0.1, 0.15) is 5.84 Å². The van der Waals surface area contributed by atoms with Crippen molar-refractivity contribution < 1.29 is 26.8 Å². The predicted octanol–water partition coefficient (Wildman–Crippen LogP) is -0.775. The minimum atomic E-state index is -4.80. The van der Waals surface area contributed by atoms with E-state index in [1.165, 1.54) is 4.90 Å². The van der Waals surface area contributed by atoms with E-state index in [9.17, 15) is 18.0 Å². The quantitative estimate of drug-likeness (QED) is 0.286. The van der Waals surface area contributed by atoms with Crippen molar-refractivity contribution in [2.75, 3.05) is 13.1 Å². The molecule has 11 nitrogen and oxygen atoms in total. The van der Waals surface area contributed by atoms with E-state index < -0.39 is 28.5 Å². The van der Waals surface area contributed by atoms with Crippen molar-refractivity contribution in [3.8, 4) is 0 Å². The molecular formula is C13H21N5O6S. The highest BCUT2D eigenvalue weighted by Gasteiger charge is 2.48. The molecule has 0 saturated carbocycles. The summed E-state index contributed by atoms with van der Waals surface area (Å²) >= 11 is 0. The third kappa shape index (κ3) is 3.92. The van der Waals surface area contributed by atoms with Crippen LogP contribution >= 0.6 is 0 Å². The first kappa shape index (κ1) is 18.0. The zero-order valence-electron chi connectivity index (χ0n) is 13.5. The van der Waals surface area contributed by atoms with Gasteiger partial charge < -0.3 is 15.5 Å².